The fraction of sp³-hybridized carbons (Fsp3) is 0.269. The predicted octanol–water partition coefficient (Wildman–Crippen LogP) is 4.81. The van der Waals surface area contributed by atoms with E-state index in [4.69, 9.17) is 5.10 Å². The lowest BCUT2D eigenvalue weighted by Crippen LogP contribution is -2.27. The van der Waals surface area contributed by atoms with E-state index in [0.717, 1.165) is 40.8 Å². The Morgan fingerprint density at radius 2 is 1.85 bits per heavy atom. The number of hydrogen-bond donors (Lipinski definition) is 2. The summed E-state index contributed by atoms with van der Waals surface area (Å²) >= 11 is 0. The van der Waals surface area contributed by atoms with E-state index in [9.17, 15) is 14.0 Å². The molecule has 0 saturated heterocycles. The number of aryl methyl sites for hydroxylation is 2. The molecule has 6 nitrogen and oxygen atoms in total. The zero-order valence-corrected chi connectivity index (χ0v) is 18.8. The van der Waals surface area contributed by atoms with Gasteiger partial charge in [-0.2, -0.15) is 0 Å². The van der Waals surface area contributed by atoms with Gasteiger partial charge in [-0.25, -0.2) is 8.91 Å². The summed E-state index contributed by atoms with van der Waals surface area (Å²) in [5.74, 6) is 0.0687. The number of hydrogen-bond acceptors (Lipinski definition) is 3. The molecule has 2 aromatic carbocycles. The number of carbonyl (C=O) groups is 1. The summed E-state index contributed by atoms with van der Waals surface area (Å²) in [6.07, 6.45) is 1.90. The van der Waals surface area contributed by atoms with Crippen molar-refractivity contribution in [3.05, 3.63) is 92.6 Å². The van der Waals surface area contributed by atoms with Crippen LogP contribution in [-0.2, 0) is 0 Å². The Balaban J connectivity index is 1.55. The van der Waals surface area contributed by atoms with Crippen molar-refractivity contribution in [2.45, 2.75) is 45.6 Å². The molecular formula is C26H25FN4O2. The Hall–Kier alpha value is -3.74. The molecule has 2 aromatic heterocycles. The van der Waals surface area contributed by atoms with E-state index in [-0.39, 0.29) is 29.2 Å². The molecule has 1 amide bonds. The van der Waals surface area contributed by atoms with Gasteiger partial charge in [-0.3, -0.25) is 9.59 Å². The molecule has 0 radical (unpaired) electrons. The van der Waals surface area contributed by atoms with Crippen molar-refractivity contribution in [1.29, 1.82) is 0 Å². The van der Waals surface area contributed by atoms with E-state index in [1.54, 1.807) is 22.7 Å². The van der Waals surface area contributed by atoms with Crippen LogP contribution in [0.3, 0.4) is 0 Å². The van der Waals surface area contributed by atoms with Crippen LogP contribution in [0.1, 0.15) is 64.5 Å². The Morgan fingerprint density at radius 3 is 2.52 bits per heavy atom. The van der Waals surface area contributed by atoms with Gasteiger partial charge in [0.25, 0.3) is 11.5 Å². The van der Waals surface area contributed by atoms with Crippen molar-refractivity contribution in [2.24, 2.45) is 0 Å². The maximum absolute atomic E-state index is 13.2. The number of aromatic nitrogens is 3. The van der Waals surface area contributed by atoms with E-state index in [1.165, 1.54) is 12.1 Å². The second-order valence-corrected chi connectivity index (χ2v) is 8.86. The van der Waals surface area contributed by atoms with Crippen LogP contribution >= 0.6 is 0 Å². The quantitative estimate of drug-likeness (QED) is 0.463. The molecule has 0 spiro atoms. The Kier molecular flexibility index (Phi) is 5.12. The molecule has 5 rings (SSSR count). The Morgan fingerprint density at radius 1 is 1.12 bits per heavy atom. The van der Waals surface area contributed by atoms with Gasteiger partial charge in [0.2, 0.25) is 0 Å². The normalized spacial score (nSPS) is 14.4. The fourth-order valence-corrected chi connectivity index (χ4v) is 4.14. The number of nitrogens with one attached hydrogen (secondary N) is 2. The third-order valence-corrected chi connectivity index (χ3v) is 6.38. The lowest BCUT2D eigenvalue weighted by Gasteiger charge is -2.14. The van der Waals surface area contributed by atoms with Gasteiger partial charge in [-0.05, 0) is 74.6 Å². The van der Waals surface area contributed by atoms with Gasteiger partial charge in [-0.1, -0.05) is 24.3 Å². The molecular weight excluding hydrogens is 419 g/mol. The molecule has 1 aliphatic carbocycles. The van der Waals surface area contributed by atoms with Crippen molar-refractivity contribution in [3.8, 4) is 11.4 Å². The van der Waals surface area contributed by atoms with Gasteiger partial charge in [0.15, 0.2) is 5.82 Å². The first-order valence-corrected chi connectivity index (χ1v) is 11.1. The van der Waals surface area contributed by atoms with Crippen molar-refractivity contribution in [1.82, 2.24) is 19.9 Å². The first-order valence-electron chi connectivity index (χ1n) is 11.1. The highest BCUT2D eigenvalue weighted by Gasteiger charge is 2.33. The summed E-state index contributed by atoms with van der Waals surface area (Å²) in [6, 6.07) is 13.3. The van der Waals surface area contributed by atoms with Gasteiger partial charge in [0.05, 0.1) is 17.3 Å². The van der Waals surface area contributed by atoms with Gasteiger partial charge in [0.1, 0.15) is 11.3 Å². The number of fused-ring (bicyclic) bond motifs is 1. The minimum atomic E-state index is -0.322. The molecule has 1 saturated carbocycles. The van der Waals surface area contributed by atoms with Crippen LogP contribution in [0.25, 0.3) is 16.9 Å². The summed E-state index contributed by atoms with van der Waals surface area (Å²) in [4.78, 5) is 29.0. The molecule has 7 heteroatoms. The highest BCUT2D eigenvalue weighted by Crippen LogP contribution is 2.42. The number of nitrogens with zero attached hydrogens (tertiary/aromatic N) is 2. The third kappa shape index (κ3) is 3.95. The number of halogens is 1. The molecule has 1 fully saturated rings. The summed E-state index contributed by atoms with van der Waals surface area (Å²) in [7, 11) is 0. The Labute approximate surface area is 190 Å². The fourth-order valence-electron chi connectivity index (χ4n) is 4.14. The number of H-pyrrole nitrogens is 1. The van der Waals surface area contributed by atoms with E-state index in [1.807, 2.05) is 39.0 Å². The predicted molar refractivity (Wildman–Crippen MR) is 125 cm³/mol. The standard InChI is InChI=1S/C26H25FN4O2/c1-14-4-5-19(12-15(14)2)24-29-26(33)22-13-21(23(18-6-7-18)31(22)30-24)25(32)28-16(3)17-8-10-20(27)11-9-17/h4-5,8-13,16,18H,6-7H2,1-3H3,(H,28,32)(H,29,30,33)/t16-/m1/s1. The first-order chi connectivity index (χ1) is 15.8. The average Bonchev–Trinajstić information content (AvgIpc) is 3.55. The van der Waals surface area contributed by atoms with Crippen LogP contribution in [0.2, 0.25) is 0 Å². The highest BCUT2D eigenvalue weighted by atomic mass is 19.1. The molecule has 4 aromatic rings. The second kappa shape index (κ2) is 7.99. The highest BCUT2D eigenvalue weighted by molar-refractivity contribution is 5.97. The summed E-state index contributed by atoms with van der Waals surface area (Å²) in [5, 5.41) is 7.71. The van der Waals surface area contributed by atoms with Crippen molar-refractivity contribution in [3.63, 3.8) is 0 Å². The maximum atomic E-state index is 13.2. The minimum Gasteiger partial charge on any atom is -0.345 e. The first kappa shape index (κ1) is 21.1. The van der Waals surface area contributed by atoms with Gasteiger partial charge < -0.3 is 10.3 Å². The van der Waals surface area contributed by atoms with E-state index in [2.05, 4.69) is 10.3 Å². The smallest absolute Gasteiger partial charge is 0.275 e. The third-order valence-electron chi connectivity index (χ3n) is 6.38. The maximum Gasteiger partial charge on any atom is 0.275 e. The number of carbonyl (C=O) groups excluding carboxylic acids is 1. The topological polar surface area (TPSA) is 79.3 Å². The molecule has 0 unspecified atom stereocenters. The second-order valence-electron chi connectivity index (χ2n) is 8.86. The number of amides is 1. The van der Waals surface area contributed by atoms with Crippen LogP contribution in [0.5, 0.6) is 0 Å². The lowest BCUT2D eigenvalue weighted by molar-refractivity contribution is 0.0939. The minimum absolute atomic E-state index is 0.191. The van der Waals surface area contributed by atoms with Gasteiger partial charge in [-0.15, -0.1) is 5.10 Å². The molecule has 33 heavy (non-hydrogen) atoms. The zero-order chi connectivity index (χ0) is 23.3. The van der Waals surface area contributed by atoms with E-state index < -0.39 is 0 Å². The van der Waals surface area contributed by atoms with Gasteiger partial charge >= 0.3 is 0 Å². The van der Waals surface area contributed by atoms with E-state index in [0.29, 0.717) is 16.9 Å². The van der Waals surface area contributed by atoms with E-state index >= 15 is 0 Å². The Bertz CT molecular complexity index is 1430. The molecule has 1 atom stereocenters. The molecule has 168 valence electrons. The summed E-state index contributed by atoms with van der Waals surface area (Å²) < 4.78 is 14.9. The van der Waals surface area contributed by atoms with Crippen LogP contribution < -0.4 is 10.9 Å². The van der Waals surface area contributed by atoms with Crippen LogP contribution in [0.15, 0.2) is 53.3 Å². The largest absolute Gasteiger partial charge is 0.345 e. The van der Waals surface area contributed by atoms with Crippen molar-refractivity contribution in [2.75, 3.05) is 0 Å². The average molecular weight is 445 g/mol. The number of benzene rings is 2. The summed E-state index contributed by atoms with van der Waals surface area (Å²) in [6.45, 7) is 5.90. The van der Waals surface area contributed by atoms with Crippen LogP contribution in [-0.4, -0.2) is 20.5 Å². The van der Waals surface area contributed by atoms with Crippen molar-refractivity contribution >= 4 is 11.4 Å². The van der Waals surface area contributed by atoms with Crippen molar-refractivity contribution < 1.29 is 9.18 Å². The number of rotatable bonds is 5. The molecule has 0 aliphatic heterocycles. The number of aromatic amines is 1. The van der Waals surface area contributed by atoms with Crippen LogP contribution in [0.4, 0.5) is 4.39 Å². The lowest BCUT2D eigenvalue weighted by atomic mass is 10.1. The van der Waals surface area contributed by atoms with Gasteiger partial charge in [0, 0.05) is 11.5 Å². The molecule has 2 heterocycles. The molecule has 1 aliphatic rings. The SMILES string of the molecule is Cc1ccc(-c2nn3c(C4CC4)c(C(=O)N[C@H](C)c4ccc(F)cc4)cc3c(=O)[nH]2)cc1C. The molecule has 2 N–H and O–H groups in total. The molecule has 0 bridgehead atoms. The summed E-state index contributed by atoms with van der Waals surface area (Å²) in [5.41, 5.74) is 5.19. The van der Waals surface area contributed by atoms with Crippen LogP contribution in [0, 0.1) is 19.7 Å². The zero-order valence-electron chi connectivity index (χ0n) is 18.8. The monoisotopic (exact) mass is 444 g/mol.